The van der Waals surface area contributed by atoms with E-state index in [-0.39, 0.29) is 0 Å². The van der Waals surface area contributed by atoms with Crippen LogP contribution in [-0.4, -0.2) is 28.7 Å². The SMILES string of the molecule is CC1(O)CCCN(Cc2ccccc2C#N)CC1. The summed E-state index contributed by atoms with van der Waals surface area (Å²) in [6.07, 6.45) is 2.69. The number of aliphatic hydroxyl groups is 1. The van der Waals surface area contributed by atoms with Crippen molar-refractivity contribution in [3.63, 3.8) is 0 Å². The summed E-state index contributed by atoms with van der Waals surface area (Å²) < 4.78 is 0. The summed E-state index contributed by atoms with van der Waals surface area (Å²) in [5.74, 6) is 0. The van der Waals surface area contributed by atoms with Crippen LogP contribution in [0.3, 0.4) is 0 Å². The van der Waals surface area contributed by atoms with Gasteiger partial charge in [0.05, 0.1) is 17.2 Å². The summed E-state index contributed by atoms with van der Waals surface area (Å²) >= 11 is 0. The summed E-state index contributed by atoms with van der Waals surface area (Å²) in [7, 11) is 0. The molecular weight excluding hydrogens is 224 g/mol. The van der Waals surface area contributed by atoms with Crippen LogP contribution in [0.15, 0.2) is 24.3 Å². The summed E-state index contributed by atoms with van der Waals surface area (Å²) in [5, 5.41) is 19.1. The molecule has 1 unspecified atom stereocenters. The first-order chi connectivity index (χ1) is 8.61. The van der Waals surface area contributed by atoms with Crippen LogP contribution in [0.25, 0.3) is 0 Å². The molecular formula is C15H20N2O. The fourth-order valence-corrected chi connectivity index (χ4v) is 2.49. The largest absolute Gasteiger partial charge is 0.390 e. The van der Waals surface area contributed by atoms with Gasteiger partial charge >= 0.3 is 0 Å². The number of benzene rings is 1. The number of nitriles is 1. The maximum atomic E-state index is 10.1. The van der Waals surface area contributed by atoms with Crippen molar-refractivity contribution in [1.29, 1.82) is 5.26 Å². The zero-order chi connectivity index (χ0) is 13.0. The minimum atomic E-state index is -0.524. The molecule has 3 nitrogen and oxygen atoms in total. The van der Waals surface area contributed by atoms with E-state index >= 15 is 0 Å². The topological polar surface area (TPSA) is 47.3 Å². The van der Waals surface area contributed by atoms with Crippen molar-refractivity contribution in [3.05, 3.63) is 35.4 Å². The summed E-state index contributed by atoms with van der Waals surface area (Å²) in [6, 6.07) is 10.00. The van der Waals surface area contributed by atoms with Crippen LogP contribution < -0.4 is 0 Å². The highest BCUT2D eigenvalue weighted by atomic mass is 16.3. The molecule has 0 saturated carbocycles. The molecule has 1 aliphatic heterocycles. The number of hydrogen-bond acceptors (Lipinski definition) is 3. The van der Waals surface area contributed by atoms with Gasteiger partial charge in [0, 0.05) is 13.1 Å². The molecule has 0 radical (unpaired) electrons. The van der Waals surface area contributed by atoms with Gasteiger partial charge < -0.3 is 5.11 Å². The van der Waals surface area contributed by atoms with Crippen LogP contribution >= 0.6 is 0 Å². The highest BCUT2D eigenvalue weighted by Crippen LogP contribution is 2.22. The predicted molar refractivity (Wildman–Crippen MR) is 70.9 cm³/mol. The van der Waals surface area contributed by atoms with Gasteiger partial charge in [-0.05, 0) is 44.4 Å². The molecule has 18 heavy (non-hydrogen) atoms. The fourth-order valence-electron chi connectivity index (χ4n) is 2.49. The number of nitrogens with zero attached hydrogens (tertiary/aromatic N) is 2. The molecule has 0 amide bonds. The average Bonchev–Trinajstić information content (AvgIpc) is 2.52. The van der Waals surface area contributed by atoms with E-state index in [1.165, 1.54) is 0 Å². The number of rotatable bonds is 2. The van der Waals surface area contributed by atoms with Gasteiger partial charge in [0.15, 0.2) is 0 Å². The third kappa shape index (κ3) is 3.32. The van der Waals surface area contributed by atoms with Crippen molar-refractivity contribution >= 4 is 0 Å². The molecule has 0 aromatic heterocycles. The highest BCUT2D eigenvalue weighted by molar-refractivity contribution is 5.37. The Morgan fingerprint density at radius 2 is 2.11 bits per heavy atom. The first-order valence-corrected chi connectivity index (χ1v) is 6.53. The monoisotopic (exact) mass is 244 g/mol. The number of likely N-dealkylation sites (tertiary alicyclic amines) is 1. The van der Waals surface area contributed by atoms with Crippen molar-refractivity contribution in [2.45, 2.75) is 38.3 Å². The second kappa shape index (κ2) is 5.51. The first-order valence-electron chi connectivity index (χ1n) is 6.53. The fraction of sp³-hybridized carbons (Fsp3) is 0.533. The molecule has 0 bridgehead atoms. The summed E-state index contributed by atoms with van der Waals surface area (Å²) in [4.78, 5) is 2.33. The molecule has 1 saturated heterocycles. The molecule has 2 rings (SSSR count). The van der Waals surface area contributed by atoms with E-state index in [0.717, 1.165) is 50.0 Å². The summed E-state index contributed by atoms with van der Waals surface area (Å²) in [5.41, 5.74) is 1.32. The second-order valence-corrected chi connectivity index (χ2v) is 5.40. The van der Waals surface area contributed by atoms with Gasteiger partial charge in [-0.25, -0.2) is 0 Å². The van der Waals surface area contributed by atoms with E-state index in [0.29, 0.717) is 0 Å². The van der Waals surface area contributed by atoms with Gasteiger partial charge in [0.25, 0.3) is 0 Å². The van der Waals surface area contributed by atoms with E-state index in [9.17, 15) is 5.11 Å². The normalized spacial score (nSPS) is 25.4. The lowest BCUT2D eigenvalue weighted by Crippen LogP contribution is -2.28. The van der Waals surface area contributed by atoms with Crippen LogP contribution in [0.5, 0.6) is 0 Å². The Balaban J connectivity index is 2.04. The Morgan fingerprint density at radius 3 is 2.89 bits per heavy atom. The third-order valence-corrected chi connectivity index (χ3v) is 3.69. The van der Waals surface area contributed by atoms with Gasteiger partial charge in [-0.2, -0.15) is 5.26 Å². The molecule has 0 aliphatic carbocycles. The van der Waals surface area contributed by atoms with E-state index in [2.05, 4.69) is 11.0 Å². The van der Waals surface area contributed by atoms with Crippen molar-refractivity contribution in [2.75, 3.05) is 13.1 Å². The van der Waals surface area contributed by atoms with E-state index in [4.69, 9.17) is 5.26 Å². The van der Waals surface area contributed by atoms with Crippen molar-refractivity contribution in [2.24, 2.45) is 0 Å². The first kappa shape index (κ1) is 13.1. The van der Waals surface area contributed by atoms with Gasteiger partial charge in [-0.1, -0.05) is 18.2 Å². The molecule has 3 heteroatoms. The van der Waals surface area contributed by atoms with Gasteiger partial charge in [-0.3, -0.25) is 4.90 Å². The zero-order valence-corrected chi connectivity index (χ0v) is 10.9. The van der Waals surface area contributed by atoms with Gasteiger partial charge in [0.1, 0.15) is 0 Å². The minimum Gasteiger partial charge on any atom is -0.390 e. The van der Waals surface area contributed by atoms with Crippen molar-refractivity contribution < 1.29 is 5.11 Å². The van der Waals surface area contributed by atoms with Crippen LogP contribution in [0.2, 0.25) is 0 Å². The molecule has 1 N–H and O–H groups in total. The minimum absolute atomic E-state index is 0.524. The maximum Gasteiger partial charge on any atom is 0.0995 e. The maximum absolute atomic E-state index is 10.1. The highest BCUT2D eigenvalue weighted by Gasteiger charge is 2.25. The lowest BCUT2D eigenvalue weighted by molar-refractivity contribution is 0.0444. The molecule has 1 atom stereocenters. The molecule has 0 spiro atoms. The quantitative estimate of drug-likeness (QED) is 0.868. The average molecular weight is 244 g/mol. The molecule has 1 fully saturated rings. The van der Waals surface area contributed by atoms with Crippen LogP contribution in [0.4, 0.5) is 0 Å². The molecule has 1 aromatic rings. The smallest absolute Gasteiger partial charge is 0.0995 e. The summed E-state index contributed by atoms with van der Waals surface area (Å²) in [6.45, 7) is 4.61. The molecule has 1 aliphatic rings. The van der Waals surface area contributed by atoms with Crippen molar-refractivity contribution in [3.8, 4) is 6.07 Å². The molecule has 1 aromatic carbocycles. The van der Waals surface area contributed by atoms with E-state index in [1.807, 2.05) is 31.2 Å². The lowest BCUT2D eigenvalue weighted by Gasteiger charge is -2.22. The van der Waals surface area contributed by atoms with E-state index < -0.39 is 5.60 Å². The molecule has 96 valence electrons. The predicted octanol–water partition coefficient (Wildman–Crippen LogP) is 2.30. The Bertz CT molecular complexity index is 448. The van der Waals surface area contributed by atoms with Crippen LogP contribution in [0.1, 0.15) is 37.3 Å². The van der Waals surface area contributed by atoms with Crippen LogP contribution in [0, 0.1) is 11.3 Å². The van der Waals surface area contributed by atoms with E-state index in [1.54, 1.807) is 0 Å². The van der Waals surface area contributed by atoms with Gasteiger partial charge in [-0.15, -0.1) is 0 Å². The standard InChI is InChI=1S/C15H20N2O/c1-15(18)7-4-9-17(10-8-15)12-14-6-3-2-5-13(14)11-16/h2-3,5-6,18H,4,7-10,12H2,1H3. The second-order valence-electron chi connectivity index (χ2n) is 5.40. The third-order valence-electron chi connectivity index (χ3n) is 3.69. The Hall–Kier alpha value is -1.37. The Kier molecular flexibility index (Phi) is 4.00. The van der Waals surface area contributed by atoms with Crippen LogP contribution in [-0.2, 0) is 6.54 Å². The Morgan fingerprint density at radius 1 is 1.33 bits per heavy atom. The lowest BCUT2D eigenvalue weighted by atomic mass is 9.98. The Labute approximate surface area is 109 Å². The number of hydrogen-bond donors (Lipinski definition) is 1. The zero-order valence-electron chi connectivity index (χ0n) is 10.9. The van der Waals surface area contributed by atoms with Gasteiger partial charge in [0.2, 0.25) is 0 Å². The van der Waals surface area contributed by atoms with Crippen molar-refractivity contribution in [1.82, 2.24) is 4.90 Å². The molecule has 1 heterocycles.